The summed E-state index contributed by atoms with van der Waals surface area (Å²) in [4.78, 5) is 14.9. The molecule has 1 aromatic carbocycles. The van der Waals surface area contributed by atoms with Crippen LogP contribution in [0.1, 0.15) is 5.56 Å². The summed E-state index contributed by atoms with van der Waals surface area (Å²) in [5.74, 6) is -0.310. The number of carbonyl (C=O) groups excluding carboxylic acids is 1. The van der Waals surface area contributed by atoms with Crippen molar-refractivity contribution in [2.24, 2.45) is 4.99 Å². The fourth-order valence-electron chi connectivity index (χ4n) is 1.29. The molecule has 0 aromatic heterocycles. The van der Waals surface area contributed by atoms with Crippen LogP contribution in [0.25, 0.3) is 0 Å². The van der Waals surface area contributed by atoms with Crippen molar-refractivity contribution in [2.45, 2.75) is 5.25 Å². The molecule has 5 heteroatoms. The van der Waals surface area contributed by atoms with Crippen LogP contribution in [-0.4, -0.2) is 21.6 Å². The minimum Gasteiger partial charge on any atom is -0.302 e. The minimum absolute atomic E-state index is 0.310. The summed E-state index contributed by atoms with van der Waals surface area (Å²) in [5.41, 5.74) is 1.35. The highest BCUT2D eigenvalue weighted by Gasteiger charge is 2.25. The molecule has 0 saturated carbocycles. The van der Waals surface area contributed by atoms with Gasteiger partial charge in [0.15, 0.2) is 4.32 Å². The van der Waals surface area contributed by atoms with Gasteiger partial charge in [0, 0.05) is 0 Å². The molecular weight excluding hydrogens is 233 g/mol. The fourth-order valence-corrected chi connectivity index (χ4v) is 2.43. The standard InChI is InChI=1S/C10H6FNOS2/c11-7-3-1-6(2-4-7)9-8(5-13)15-10(14)12-9/h1-5,8H/t8-/m0/s1. The van der Waals surface area contributed by atoms with Gasteiger partial charge >= 0.3 is 0 Å². The second-order valence-corrected chi connectivity index (χ2v) is 4.72. The number of halogens is 1. The number of nitrogens with zero attached hydrogens (tertiary/aromatic N) is 1. The van der Waals surface area contributed by atoms with E-state index in [9.17, 15) is 9.18 Å². The summed E-state index contributed by atoms with van der Waals surface area (Å²) < 4.78 is 13.1. The number of thiocarbonyl (C=S) groups is 1. The lowest BCUT2D eigenvalue weighted by molar-refractivity contribution is -0.106. The van der Waals surface area contributed by atoms with Crippen molar-refractivity contribution in [2.75, 3.05) is 0 Å². The van der Waals surface area contributed by atoms with Gasteiger partial charge in [-0.05, 0) is 17.7 Å². The van der Waals surface area contributed by atoms with E-state index in [0.29, 0.717) is 10.0 Å². The third-order valence-electron chi connectivity index (χ3n) is 1.97. The van der Waals surface area contributed by atoms with Crippen LogP contribution in [-0.2, 0) is 4.79 Å². The SMILES string of the molecule is O=C[C@@H]1SC(=S)N=C1c1ccc(F)cc1. The van der Waals surface area contributed by atoms with Gasteiger partial charge in [-0.3, -0.25) is 0 Å². The number of hydrogen-bond donors (Lipinski definition) is 0. The highest BCUT2D eigenvalue weighted by Crippen LogP contribution is 2.25. The first-order valence-corrected chi connectivity index (χ1v) is 5.50. The highest BCUT2D eigenvalue weighted by atomic mass is 32.2. The maximum atomic E-state index is 12.7. The second kappa shape index (κ2) is 4.20. The molecule has 2 rings (SSSR count). The van der Waals surface area contributed by atoms with E-state index in [1.807, 2.05) is 0 Å². The lowest BCUT2D eigenvalue weighted by Crippen LogP contribution is -2.15. The van der Waals surface area contributed by atoms with Crippen molar-refractivity contribution >= 4 is 40.3 Å². The van der Waals surface area contributed by atoms with Crippen LogP contribution in [0.2, 0.25) is 0 Å². The van der Waals surface area contributed by atoms with Crippen LogP contribution in [0.5, 0.6) is 0 Å². The van der Waals surface area contributed by atoms with Gasteiger partial charge in [0.1, 0.15) is 17.4 Å². The van der Waals surface area contributed by atoms with Gasteiger partial charge in [-0.2, -0.15) is 0 Å². The summed E-state index contributed by atoms with van der Waals surface area (Å²) >= 11 is 6.15. The molecule has 1 aliphatic heterocycles. The molecule has 2 nitrogen and oxygen atoms in total. The Balaban J connectivity index is 2.37. The van der Waals surface area contributed by atoms with Gasteiger partial charge in [0.05, 0.1) is 5.71 Å². The molecule has 0 spiro atoms. The van der Waals surface area contributed by atoms with E-state index in [1.165, 1.54) is 23.9 Å². The number of rotatable bonds is 2. The molecule has 0 saturated heterocycles. The Morgan fingerprint density at radius 3 is 2.67 bits per heavy atom. The first-order valence-electron chi connectivity index (χ1n) is 4.21. The molecule has 1 atom stereocenters. The zero-order chi connectivity index (χ0) is 10.8. The van der Waals surface area contributed by atoms with Crippen molar-refractivity contribution in [1.82, 2.24) is 0 Å². The van der Waals surface area contributed by atoms with Crippen LogP contribution in [0, 0.1) is 5.82 Å². The first-order chi connectivity index (χ1) is 7.20. The topological polar surface area (TPSA) is 29.4 Å². The molecule has 1 heterocycles. The summed E-state index contributed by atoms with van der Waals surface area (Å²) in [6.07, 6.45) is 0.798. The predicted octanol–water partition coefficient (Wildman–Crippen LogP) is 2.21. The molecule has 0 aliphatic carbocycles. The smallest absolute Gasteiger partial charge is 0.161 e. The van der Waals surface area contributed by atoms with E-state index < -0.39 is 0 Å². The molecular formula is C10H6FNOS2. The first kappa shape index (κ1) is 10.4. The normalized spacial score (nSPS) is 20.2. The van der Waals surface area contributed by atoms with Crippen LogP contribution in [0.15, 0.2) is 29.3 Å². The molecule has 0 amide bonds. The van der Waals surface area contributed by atoms with Crippen molar-refractivity contribution in [3.63, 3.8) is 0 Å². The highest BCUT2D eigenvalue weighted by molar-refractivity contribution is 8.24. The fraction of sp³-hybridized carbons (Fsp3) is 0.100. The summed E-state index contributed by atoms with van der Waals surface area (Å²) in [5, 5.41) is -0.358. The molecule has 0 radical (unpaired) electrons. The molecule has 0 N–H and O–H groups in total. The molecule has 76 valence electrons. The number of benzene rings is 1. The maximum Gasteiger partial charge on any atom is 0.161 e. The Hall–Kier alpha value is -1.07. The van der Waals surface area contributed by atoms with Crippen molar-refractivity contribution in [3.05, 3.63) is 35.6 Å². The van der Waals surface area contributed by atoms with E-state index in [4.69, 9.17) is 12.2 Å². The van der Waals surface area contributed by atoms with E-state index in [-0.39, 0.29) is 11.1 Å². The third kappa shape index (κ3) is 2.13. The van der Waals surface area contributed by atoms with Crippen molar-refractivity contribution < 1.29 is 9.18 Å². The lowest BCUT2D eigenvalue weighted by atomic mass is 10.1. The largest absolute Gasteiger partial charge is 0.302 e. The van der Waals surface area contributed by atoms with Crippen LogP contribution < -0.4 is 0 Å². The number of aliphatic imine (C=N–C) groups is 1. The van der Waals surface area contributed by atoms with E-state index >= 15 is 0 Å². The zero-order valence-electron chi connectivity index (χ0n) is 7.51. The summed E-state index contributed by atoms with van der Waals surface area (Å²) in [6, 6.07) is 5.87. The quantitative estimate of drug-likeness (QED) is 0.585. The minimum atomic E-state index is -0.358. The molecule has 0 unspecified atom stereocenters. The number of carbonyl (C=O) groups is 1. The Kier molecular flexibility index (Phi) is 2.93. The molecule has 0 bridgehead atoms. The van der Waals surface area contributed by atoms with Gasteiger partial charge in [-0.25, -0.2) is 9.38 Å². The average Bonchev–Trinajstić information content (AvgIpc) is 2.61. The maximum absolute atomic E-state index is 12.7. The summed E-state index contributed by atoms with van der Waals surface area (Å²) in [7, 11) is 0. The molecule has 1 aromatic rings. The van der Waals surface area contributed by atoms with Crippen molar-refractivity contribution in [1.29, 1.82) is 0 Å². The van der Waals surface area contributed by atoms with Gasteiger partial charge in [-0.15, -0.1) is 0 Å². The zero-order valence-corrected chi connectivity index (χ0v) is 9.15. The van der Waals surface area contributed by atoms with Gasteiger partial charge in [0.2, 0.25) is 0 Å². The number of aldehydes is 1. The van der Waals surface area contributed by atoms with E-state index in [0.717, 1.165) is 11.8 Å². The lowest BCUT2D eigenvalue weighted by Gasteiger charge is -2.03. The average molecular weight is 239 g/mol. The predicted molar refractivity (Wildman–Crippen MR) is 63.0 cm³/mol. The molecule has 15 heavy (non-hydrogen) atoms. The Bertz CT molecular complexity index is 441. The van der Waals surface area contributed by atoms with E-state index in [2.05, 4.69) is 4.99 Å². The van der Waals surface area contributed by atoms with Gasteiger partial charge in [-0.1, -0.05) is 36.1 Å². The van der Waals surface area contributed by atoms with E-state index in [1.54, 1.807) is 12.1 Å². The van der Waals surface area contributed by atoms with Crippen LogP contribution in [0.4, 0.5) is 4.39 Å². The van der Waals surface area contributed by atoms with Gasteiger partial charge in [0.25, 0.3) is 0 Å². The number of thioether (sulfide) groups is 1. The number of hydrogen-bond acceptors (Lipinski definition) is 3. The Morgan fingerprint density at radius 2 is 2.07 bits per heavy atom. The van der Waals surface area contributed by atoms with Crippen LogP contribution in [0.3, 0.4) is 0 Å². The Morgan fingerprint density at radius 1 is 1.40 bits per heavy atom. The monoisotopic (exact) mass is 239 g/mol. The van der Waals surface area contributed by atoms with Crippen molar-refractivity contribution in [3.8, 4) is 0 Å². The van der Waals surface area contributed by atoms with Gasteiger partial charge < -0.3 is 4.79 Å². The third-order valence-corrected chi connectivity index (χ3v) is 3.23. The Labute approximate surface area is 95.6 Å². The summed E-state index contributed by atoms with van der Waals surface area (Å²) in [6.45, 7) is 0. The van der Waals surface area contributed by atoms with Crippen LogP contribution >= 0.6 is 24.0 Å². The molecule has 1 aliphatic rings. The molecule has 0 fully saturated rings. The second-order valence-electron chi connectivity index (χ2n) is 2.94.